The second-order valence-corrected chi connectivity index (χ2v) is 7.71. The maximum absolute atomic E-state index is 14.3. The predicted octanol–water partition coefficient (Wildman–Crippen LogP) is 4.94. The standard InChI is InChI=1S/C21H23F2NO3S/c1-2-26-19(25)8-7-15-10-17(22)20(18(23)11-15)27-12-16-4-3-9-24-21(16)28-13-14-5-6-14/h3-4,9-11,14H,2,5-8,12-13H2,1H3. The monoisotopic (exact) mass is 407 g/mol. The third-order valence-electron chi connectivity index (χ3n) is 4.36. The molecule has 0 bridgehead atoms. The second-order valence-electron chi connectivity index (χ2n) is 6.70. The fourth-order valence-electron chi connectivity index (χ4n) is 2.67. The molecule has 1 aromatic carbocycles. The van der Waals surface area contributed by atoms with E-state index >= 15 is 0 Å². The molecule has 0 radical (unpaired) electrons. The molecule has 150 valence electrons. The van der Waals surface area contributed by atoms with Gasteiger partial charge in [0.1, 0.15) is 11.6 Å². The summed E-state index contributed by atoms with van der Waals surface area (Å²) in [6.07, 6.45) is 4.50. The van der Waals surface area contributed by atoms with E-state index in [0.717, 1.165) is 22.3 Å². The number of aromatic nitrogens is 1. The normalized spacial score (nSPS) is 13.4. The molecule has 3 rings (SSSR count). The van der Waals surface area contributed by atoms with E-state index < -0.39 is 23.4 Å². The number of nitrogens with zero attached hydrogens (tertiary/aromatic N) is 1. The van der Waals surface area contributed by atoms with Crippen LogP contribution in [-0.2, 0) is 22.6 Å². The lowest BCUT2D eigenvalue weighted by molar-refractivity contribution is -0.143. The summed E-state index contributed by atoms with van der Waals surface area (Å²) in [6.45, 7) is 2.03. The van der Waals surface area contributed by atoms with Gasteiger partial charge >= 0.3 is 5.97 Å². The fourth-order valence-corrected chi connectivity index (χ4v) is 3.84. The van der Waals surface area contributed by atoms with Gasteiger partial charge in [0, 0.05) is 23.9 Å². The molecule has 1 saturated carbocycles. The smallest absolute Gasteiger partial charge is 0.306 e. The number of hydrogen-bond donors (Lipinski definition) is 0. The molecular weight excluding hydrogens is 384 g/mol. The number of thioether (sulfide) groups is 1. The van der Waals surface area contributed by atoms with Crippen molar-refractivity contribution in [2.75, 3.05) is 12.4 Å². The lowest BCUT2D eigenvalue weighted by Crippen LogP contribution is -2.06. The lowest BCUT2D eigenvalue weighted by atomic mass is 10.1. The fraction of sp³-hybridized carbons (Fsp3) is 0.429. The van der Waals surface area contributed by atoms with Gasteiger partial charge in [-0.2, -0.15) is 0 Å². The van der Waals surface area contributed by atoms with Gasteiger partial charge in [0.05, 0.1) is 6.61 Å². The summed E-state index contributed by atoms with van der Waals surface area (Å²) in [7, 11) is 0. The average molecular weight is 407 g/mol. The van der Waals surface area contributed by atoms with E-state index in [0.29, 0.717) is 5.56 Å². The number of esters is 1. The third-order valence-corrected chi connectivity index (χ3v) is 5.63. The van der Waals surface area contributed by atoms with Crippen molar-refractivity contribution in [2.24, 2.45) is 5.92 Å². The molecule has 0 unspecified atom stereocenters. The number of ether oxygens (including phenoxy) is 2. The number of hydrogen-bond acceptors (Lipinski definition) is 5. The van der Waals surface area contributed by atoms with Crippen LogP contribution in [0.4, 0.5) is 8.78 Å². The largest absolute Gasteiger partial charge is 0.483 e. The van der Waals surface area contributed by atoms with Crippen LogP contribution in [0.25, 0.3) is 0 Å². The highest BCUT2D eigenvalue weighted by Crippen LogP contribution is 2.35. The Morgan fingerprint density at radius 1 is 1.29 bits per heavy atom. The first-order valence-electron chi connectivity index (χ1n) is 9.39. The summed E-state index contributed by atoms with van der Waals surface area (Å²) >= 11 is 1.65. The Balaban J connectivity index is 1.62. The minimum absolute atomic E-state index is 0.0385. The number of carbonyl (C=O) groups excluding carboxylic acids is 1. The topological polar surface area (TPSA) is 48.4 Å². The van der Waals surface area contributed by atoms with E-state index in [4.69, 9.17) is 9.47 Å². The van der Waals surface area contributed by atoms with Crippen molar-refractivity contribution >= 4 is 17.7 Å². The molecular formula is C21H23F2NO3S. The van der Waals surface area contributed by atoms with E-state index in [9.17, 15) is 13.6 Å². The zero-order valence-corrected chi connectivity index (χ0v) is 16.6. The average Bonchev–Trinajstić information content (AvgIpc) is 3.49. The minimum atomic E-state index is -0.782. The first-order chi connectivity index (χ1) is 13.6. The number of aryl methyl sites for hydroxylation is 1. The van der Waals surface area contributed by atoms with Crippen molar-refractivity contribution in [1.29, 1.82) is 0 Å². The number of pyridine rings is 1. The third kappa shape index (κ3) is 5.92. The van der Waals surface area contributed by atoms with Crippen LogP contribution >= 0.6 is 11.8 Å². The molecule has 1 fully saturated rings. The minimum Gasteiger partial charge on any atom is -0.483 e. The Bertz CT molecular complexity index is 804. The van der Waals surface area contributed by atoms with E-state index in [2.05, 4.69) is 4.98 Å². The van der Waals surface area contributed by atoms with Crippen molar-refractivity contribution in [3.05, 3.63) is 53.2 Å². The molecule has 1 aliphatic carbocycles. The maximum Gasteiger partial charge on any atom is 0.306 e. The summed E-state index contributed by atoms with van der Waals surface area (Å²) < 4.78 is 39.0. The van der Waals surface area contributed by atoms with E-state index in [1.807, 2.05) is 6.07 Å². The van der Waals surface area contributed by atoms with Crippen LogP contribution in [-0.4, -0.2) is 23.3 Å². The van der Waals surface area contributed by atoms with E-state index in [1.165, 1.54) is 25.0 Å². The van der Waals surface area contributed by atoms with Crippen LogP contribution in [0.15, 0.2) is 35.5 Å². The molecule has 1 aromatic heterocycles. The first kappa shape index (κ1) is 20.6. The van der Waals surface area contributed by atoms with Crippen molar-refractivity contribution in [3.8, 4) is 5.75 Å². The Kier molecular flexibility index (Phi) is 7.25. The molecule has 0 saturated heterocycles. The van der Waals surface area contributed by atoms with Gasteiger partial charge in [-0.25, -0.2) is 13.8 Å². The zero-order chi connectivity index (χ0) is 19.9. The van der Waals surface area contributed by atoms with Crippen LogP contribution in [0.5, 0.6) is 5.75 Å². The van der Waals surface area contributed by atoms with Gasteiger partial charge in [0.2, 0.25) is 0 Å². The lowest BCUT2D eigenvalue weighted by Gasteiger charge is -2.12. The maximum atomic E-state index is 14.3. The van der Waals surface area contributed by atoms with Crippen LogP contribution in [0, 0.1) is 17.6 Å². The predicted molar refractivity (Wildman–Crippen MR) is 103 cm³/mol. The summed E-state index contributed by atoms with van der Waals surface area (Å²) in [6, 6.07) is 6.03. The summed E-state index contributed by atoms with van der Waals surface area (Å²) in [5.74, 6) is -0.622. The summed E-state index contributed by atoms with van der Waals surface area (Å²) in [5.41, 5.74) is 1.19. The van der Waals surface area contributed by atoms with Gasteiger partial charge in [0.25, 0.3) is 0 Å². The van der Waals surface area contributed by atoms with Gasteiger partial charge in [-0.1, -0.05) is 6.07 Å². The summed E-state index contributed by atoms with van der Waals surface area (Å²) in [4.78, 5) is 15.8. The number of benzene rings is 1. The number of halogens is 2. The van der Waals surface area contributed by atoms with Crippen LogP contribution in [0.3, 0.4) is 0 Å². The highest BCUT2D eigenvalue weighted by atomic mass is 32.2. The van der Waals surface area contributed by atoms with Crippen molar-refractivity contribution < 1.29 is 23.0 Å². The SMILES string of the molecule is CCOC(=O)CCc1cc(F)c(OCc2cccnc2SCC2CC2)c(F)c1. The van der Waals surface area contributed by atoms with Crippen LogP contribution < -0.4 is 4.74 Å². The Morgan fingerprint density at radius 3 is 2.71 bits per heavy atom. The number of rotatable bonds is 10. The Labute approximate surface area is 167 Å². The summed E-state index contributed by atoms with van der Waals surface area (Å²) in [5, 5.41) is 0.835. The van der Waals surface area contributed by atoms with Crippen molar-refractivity contribution in [1.82, 2.24) is 4.98 Å². The van der Waals surface area contributed by atoms with Gasteiger partial charge in [-0.05, 0) is 55.9 Å². The molecule has 2 aromatic rings. The highest BCUT2D eigenvalue weighted by molar-refractivity contribution is 7.99. The Hall–Kier alpha value is -2.15. The van der Waals surface area contributed by atoms with Gasteiger partial charge in [-0.3, -0.25) is 4.79 Å². The van der Waals surface area contributed by atoms with Gasteiger partial charge < -0.3 is 9.47 Å². The molecule has 0 amide bonds. The van der Waals surface area contributed by atoms with Crippen molar-refractivity contribution in [3.63, 3.8) is 0 Å². The molecule has 7 heteroatoms. The molecule has 0 aliphatic heterocycles. The van der Waals surface area contributed by atoms with E-state index in [-0.39, 0.29) is 26.1 Å². The Morgan fingerprint density at radius 2 is 2.04 bits per heavy atom. The quantitative estimate of drug-likeness (QED) is 0.413. The molecule has 4 nitrogen and oxygen atoms in total. The van der Waals surface area contributed by atoms with Crippen LogP contribution in [0.2, 0.25) is 0 Å². The molecule has 0 atom stereocenters. The van der Waals surface area contributed by atoms with Crippen LogP contribution in [0.1, 0.15) is 37.3 Å². The molecule has 1 heterocycles. The molecule has 28 heavy (non-hydrogen) atoms. The van der Waals surface area contributed by atoms with E-state index in [1.54, 1.807) is 30.9 Å². The molecule has 0 spiro atoms. The van der Waals surface area contributed by atoms with Gasteiger partial charge in [-0.15, -0.1) is 11.8 Å². The highest BCUT2D eigenvalue weighted by Gasteiger charge is 2.22. The zero-order valence-electron chi connectivity index (χ0n) is 15.7. The molecule has 1 aliphatic rings. The first-order valence-corrected chi connectivity index (χ1v) is 10.4. The second kappa shape index (κ2) is 9.87. The molecule has 0 N–H and O–H groups in total. The number of carbonyl (C=O) groups is 1. The van der Waals surface area contributed by atoms with Gasteiger partial charge in [0.15, 0.2) is 17.4 Å². The van der Waals surface area contributed by atoms with Crippen molar-refractivity contribution in [2.45, 2.75) is 44.2 Å².